The molecule has 2 nitrogen and oxygen atoms in total. The van der Waals surface area contributed by atoms with Gasteiger partial charge in [0.05, 0.1) is 10.2 Å². The molecule has 0 fully saturated rings. The highest BCUT2D eigenvalue weighted by Crippen LogP contribution is 2.23. The van der Waals surface area contributed by atoms with Crippen LogP contribution in [0.5, 0.6) is 0 Å². The Morgan fingerprint density at radius 3 is 2.95 bits per heavy atom. The second-order valence-corrected chi connectivity index (χ2v) is 5.41. The van der Waals surface area contributed by atoms with E-state index >= 15 is 0 Å². The third kappa shape index (κ3) is 4.18. The average Bonchev–Trinajstić information content (AvgIpc) is 2.80. The molecule has 2 rings (SSSR count). The average molecular weight is 288 g/mol. The van der Waals surface area contributed by atoms with Crippen molar-refractivity contribution in [3.63, 3.8) is 0 Å². The van der Waals surface area contributed by atoms with Gasteiger partial charge in [0.15, 0.2) is 0 Å². The van der Waals surface area contributed by atoms with Crippen molar-refractivity contribution in [2.75, 3.05) is 6.54 Å². The molecule has 19 heavy (non-hydrogen) atoms. The lowest BCUT2D eigenvalue weighted by molar-refractivity contribution is -0.135. The Hall–Kier alpha value is -1.14. The van der Waals surface area contributed by atoms with Crippen LogP contribution < -0.4 is 5.32 Å². The molecule has 104 valence electrons. The summed E-state index contributed by atoms with van der Waals surface area (Å²) in [6.07, 6.45) is -2.93. The normalized spacial score (nSPS) is 13.9. The van der Waals surface area contributed by atoms with Crippen molar-refractivity contribution in [2.24, 2.45) is 0 Å². The molecular weight excluding hydrogens is 273 g/mol. The van der Waals surface area contributed by atoms with Gasteiger partial charge in [-0.3, -0.25) is 4.98 Å². The monoisotopic (exact) mass is 288 g/mol. The van der Waals surface area contributed by atoms with Crippen LogP contribution in [0.15, 0.2) is 23.7 Å². The van der Waals surface area contributed by atoms with Crippen LogP contribution >= 0.6 is 11.3 Å². The Morgan fingerprint density at radius 1 is 1.42 bits per heavy atom. The van der Waals surface area contributed by atoms with E-state index in [0.29, 0.717) is 6.54 Å². The van der Waals surface area contributed by atoms with Gasteiger partial charge in [0.25, 0.3) is 0 Å². The highest BCUT2D eigenvalue weighted by atomic mass is 32.1. The summed E-state index contributed by atoms with van der Waals surface area (Å²) >= 11 is 1.61. The maximum Gasteiger partial charge on any atom is 0.389 e. The molecule has 0 aliphatic carbocycles. The molecule has 2 aromatic rings. The Morgan fingerprint density at radius 2 is 2.21 bits per heavy atom. The fraction of sp³-hybridized carbons (Fsp3) is 0.462. The quantitative estimate of drug-likeness (QED) is 0.830. The van der Waals surface area contributed by atoms with Crippen molar-refractivity contribution in [2.45, 2.75) is 32.0 Å². The second kappa shape index (κ2) is 5.88. The molecule has 6 heteroatoms. The SMILES string of the molecule is CC(NCCCC(F)(F)F)c1cnc2ccsc2c1. The lowest BCUT2D eigenvalue weighted by Crippen LogP contribution is -2.21. The second-order valence-electron chi connectivity index (χ2n) is 4.47. The van der Waals surface area contributed by atoms with Gasteiger partial charge < -0.3 is 5.32 Å². The summed E-state index contributed by atoms with van der Waals surface area (Å²) in [6, 6.07) is 3.99. The summed E-state index contributed by atoms with van der Waals surface area (Å²) in [7, 11) is 0. The zero-order valence-corrected chi connectivity index (χ0v) is 11.3. The van der Waals surface area contributed by atoms with E-state index in [1.54, 1.807) is 17.5 Å². The number of hydrogen-bond acceptors (Lipinski definition) is 3. The van der Waals surface area contributed by atoms with Crippen LogP contribution in [0.2, 0.25) is 0 Å². The highest BCUT2D eigenvalue weighted by Gasteiger charge is 2.25. The topological polar surface area (TPSA) is 24.9 Å². The predicted octanol–water partition coefficient (Wildman–Crippen LogP) is 4.29. The zero-order chi connectivity index (χ0) is 13.9. The van der Waals surface area contributed by atoms with Gasteiger partial charge in [0.2, 0.25) is 0 Å². The lowest BCUT2D eigenvalue weighted by atomic mass is 10.1. The molecule has 2 heterocycles. The molecule has 1 N–H and O–H groups in total. The number of halogens is 3. The Bertz CT molecular complexity index is 536. The zero-order valence-electron chi connectivity index (χ0n) is 10.5. The van der Waals surface area contributed by atoms with Gasteiger partial charge in [-0.2, -0.15) is 13.2 Å². The van der Waals surface area contributed by atoms with Crippen LogP contribution in [-0.4, -0.2) is 17.7 Å². The third-order valence-electron chi connectivity index (χ3n) is 2.91. The van der Waals surface area contributed by atoms with Crippen LogP contribution in [-0.2, 0) is 0 Å². The van der Waals surface area contributed by atoms with E-state index in [1.165, 1.54) is 0 Å². The van der Waals surface area contributed by atoms with E-state index < -0.39 is 12.6 Å². The van der Waals surface area contributed by atoms with Crippen LogP contribution in [0.4, 0.5) is 13.2 Å². The summed E-state index contributed by atoms with van der Waals surface area (Å²) in [5.74, 6) is 0. The first kappa shape index (κ1) is 14.3. The first-order valence-corrected chi connectivity index (χ1v) is 6.97. The van der Waals surface area contributed by atoms with Gasteiger partial charge in [-0.25, -0.2) is 0 Å². The highest BCUT2D eigenvalue weighted by molar-refractivity contribution is 7.17. The molecule has 0 spiro atoms. The molecule has 0 bridgehead atoms. The van der Waals surface area contributed by atoms with Gasteiger partial charge in [0.1, 0.15) is 0 Å². The number of nitrogens with one attached hydrogen (secondary N) is 1. The van der Waals surface area contributed by atoms with Gasteiger partial charge in [-0.15, -0.1) is 11.3 Å². The largest absolute Gasteiger partial charge is 0.389 e. The minimum Gasteiger partial charge on any atom is -0.310 e. The van der Waals surface area contributed by atoms with Gasteiger partial charge in [-0.05, 0) is 43.0 Å². The molecule has 0 aliphatic rings. The molecule has 0 radical (unpaired) electrons. The Labute approximate surface area is 113 Å². The lowest BCUT2D eigenvalue weighted by Gasteiger charge is -2.14. The van der Waals surface area contributed by atoms with Crippen molar-refractivity contribution < 1.29 is 13.2 Å². The van der Waals surface area contributed by atoms with E-state index in [0.717, 1.165) is 15.8 Å². The van der Waals surface area contributed by atoms with E-state index in [2.05, 4.69) is 10.3 Å². The van der Waals surface area contributed by atoms with Crippen LogP contribution in [0.1, 0.15) is 31.4 Å². The van der Waals surface area contributed by atoms with Crippen molar-refractivity contribution >= 4 is 21.6 Å². The Kier molecular flexibility index (Phi) is 4.42. The summed E-state index contributed by atoms with van der Waals surface area (Å²) in [5.41, 5.74) is 1.96. The smallest absolute Gasteiger partial charge is 0.310 e. The molecule has 0 aliphatic heterocycles. The van der Waals surface area contributed by atoms with Gasteiger partial charge >= 0.3 is 6.18 Å². The van der Waals surface area contributed by atoms with E-state index in [9.17, 15) is 13.2 Å². The number of fused-ring (bicyclic) bond motifs is 1. The molecule has 1 unspecified atom stereocenters. The third-order valence-corrected chi connectivity index (χ3v) is 3.76. The number of pyridine rings is 1. The van der Waals surface area contributed by atoms with E-state index in [-0.39, 0.29) is 12.5 Å². The number of alkyl halides is 3. The number of nitrogens with zero attached hydrogens (tertiary/aromatic N) is 1. The molecule has 0 saturated carbocycles. The predicted molar refractivity (Wildman–Crippen MR) is 71.3 cm³/mol. The molecule has 0 saturated heterocycles. The van der Waals surface area contributed by atoms with Gasteiger partial charge in [-0.1, -0.05) is 0 Å². The van der Waals surface area contributed by atoms with Crippen molar-refractivity contribution in [3.05, 3.63) is 29.3 Å². The van der Waals surface area contributed by atoms with Crippen molar-refractivity contribution in [1.29, 1.82) is 0 Å². The van der Waals surface area contributed by atoms with Crippen molar-refractivity contribution in [1.82, 2.24) is 10.3 Å². The molecular formula is C13H15F3N2S. The standard InChI is InChI=1S/C13H15F3N2S/c1-9(17-5-2-4-13(14,15)16)10-7-12-11(18-8-10)3-6-19-12/h3,6-9,17H,2,4-5H2,1H3. The molecule has 0 aromatic carbocycles. The first-order chi connectivity index (χ1) is 8.96. The summed E-state index contributed by atoms with van der Waals surface area (Å²) in [6.45, 7) is 2.28. The fourth-order valence-corrected chi connectivity index (χ4v) is 2.61. The number of thiophene rings is 1. The van der Waals surface area contributed by atoms with Crippen LogP contribution in [0.3, 0.4) is 0 Å². The molecule has 2 aromatic heterocycles. The minimum absolute atomic E-state index is 0.00670. The van der Waals surface area contributed by atoms with Crippen molar-refractivity contribution in [3.8, 4) is 0 Å². The number of rotatable bonds is 5. The molecule has 1 atom stereocenters. The summed E-state index contributed by atoms with van der Waals surface area (Å²) < 4.78 is 37.1. The van der Waals surface area contributed by atoms with Crippen LogP contribution in [0.25, 0.3) is 10.2 Å². The number of aromatic nitrogens is 1. The summed E-state index contributed by atoms with van der Waals surface area (Å²) in [4.78, 5) is 4.32. The van der Waals surface area contributed by atoms with E-state index in [4.69, 9.17) is 0 Å². The Balaban J connectivity index is 1.87. The summed E-state index contributed by atoms with van der Waals surface area (Å²) in [5, 5.41) is 5.07. The maximum atomic E-state index is 12.0. The van der Waals surface area contributed by atoms with Crippen LogP contribution in [0, 0.1) is 0 Å². The number of hydrogen-bond donors (Lipinski definition) is 1. The molecule has 0 amide bonds. The fourth-order valence-electron chi connectivity index (χ4n) is 1.82. The maximum absolute atomic E-state index is 12.0. The van der Waals surface area contributed by atoms with E-state index in [1.807, 2.05) is 24.4 Å². The minimum atomic E-state index is -4.07. The van der Waals surface area contributed by atoms with Gasteiger partial charge in [0, 0.05) is 18.7 Å². The first-order valence-electron chi connectivity index (χ1n) is 6.09.